The third kappa shape index (κ3) is 10.8. The highest BCUT2D eigenvalue weighted by Crippen LogP contribution is 2.25. The topological polar surface area (TPSA) is 46.9 Å². The molecule has 3 aliphatic heterocycles. The summed E-state index contributed by atoms with van der Waals surface area (Å²) in [5.74, 6) is 1.73. The van der Waals surface area contributed by atoms with Crippen molar-refractivity contribution in [1.29, 1.82) is 0 Å². The summed E-state index contributed by atoms with van der Waals surface area (Å²) in [6.07, 6.45) is 22.3. The molecule has 0 aromatic heterocycles. The van der Waals surface area contributed by atoms with Crippen LogP contribution in [0.1, 0.15) is 116 Å². The van der Waals surface area contributed by atoms with E-state index in [1.165, 1.54) is 116 Å². The number of aliphatic hydroxyl groups is 2. The lowest BCUT2D eigenvalue weighted by Crippen LogP contribution is -2.37. The molecule has 3 heterocycles. The van der Waals surface area contributed by atoms with Gasteiger partial charge in [0.25, 0.3) is 0 Å². The van der Waals surface area contributed by atoms with Gasteiger partial charge in [-0.15, -0.1) is 0 Å². The van der Waals surface area contributed by atoms with Crippen molar-refractivity contribution in [2.75, 3.05) is 39.3 Å². The second kappa shape index (κ2) is 15.7. The summed E-state index contributed by atoms with van der Waals surface area (Å²) in [7, 11) is 0. The first kappa shape index (κ1) is 26.4. The van der Waals surface area contributed by atoms with Gasteiger partial charge in [-0.05, 0) is 89.1 Å². The molecule has 0 aromatic carbocycles. The Hall–Kier alpha value is -0.160. The second-order valence-electron chi connectivity index (χ2n) is 11.5. The maximum Gasteiger partial charge on any atom is 0.0552 e. The van der Waals surface area contributed by atoms with E-state index in [4.69, 9.17) is 0 Å². The molecule has 3 fully saturated rings. The van der Waals surface area contributed by atoms with Crippen molar-refractivity contribution in [2.45, 2.75) is 128 Å². The molecule has 2 N–H and O–H groups in total. The van der Waals surface area contributed by atoms with E-state index in [9.17, 15) is 10.2 Å². The fraction of sp³-hybridized carbons (Fsp3) is 1.00. The zero-order valence-electron chi connectivity index (χ0n) is 21.1. The molecule has 3 rings (SSSR count). The maximum atomic E-state index is 10.5. The van der Waals surface area contributed by atoms with Gasteiger partial charge in [0.05, 0.1) is 12.2 Å². The van der Waals surface area contributed by atoms with Crippen molar-refractivity contribution in [3.8, 4) is 0 Å². The van der Waals surface area contributed by atoms with Crippen LogP contribution in [0.3, 0.4) is 0 Å². The molecule has 4 heteroatoms. The van der Waals surface area contributed by atoms with E-state index in [-0.39, 0.29) is 12.2 Å². The summed E-state index contributed by atoms with van der Waals surface area (Å²) in [4.78, 5) is 5.25. The van der Waals surface area contributed by atoms with Crippen LogP contribution in [0.15, 0.2) is 0 Å². The van der Waals surface area contributed by atoms with E-state index >= 15 is 0 Å². The zero-order valence-corrected chi connectivity index (χ0v) is 21.1. The number of hydrogen-bond acceptors (Lipinski definition) is 4. The Morgan fingerprint density at radius 1 is 0.375 bits per heavy atom. The van der Waals surface area contributed by atoms with Crippen LogP contribution in [-0.4, -0.2) is 71.5 Å². The van der Waals surface area contributed by atoms with Crippen molar-refractivity contribution in [3.05, 3.63) is 0 Å². The van der Waals surface area contributed by atoms with Crippen LogP contribution in [0.2, 0.25) is 0 Å². The predicted octanol–water partition coefficient (Wildman–Crippen LogP) is 5.61. The van der Waals surface area contributed by atoms with Gasteiger partial charge in [0, 0.05) is 26.2 Å². The fourth-order valence-corrected chi connectivity index (χ4v) is 6.46. The zero-order chi connectivity index (χ0) is 22.4. The number of piperidine rings is 2. The smallest absolute Gasteiger partial charge is 0.0552 e. The summed E-state index contributed by atoms with van der Waals surface area (Å²) in [6.45, 7) is 7.16. The lowest BCUT2D eigenvalue weighted by atomic mass is 9.91. The molecular weight excluding hydrogens is 396 g/mol. The standard InChI is InChI=1S/C28H54N2O2/c31-27-15-7-3-1-5-11-25-13-9-19-29(23-25)22-18-28(32)16-8-4-2-6-12-26-14-10-20-30(24-26)21-17-27/h25-28,31-32H,1-24H2/t25-,26+,27-,28-/m0/s1. The monoisotopic (exact) mass is 450 g/mol. The number of aliphatic hydroxyl groups excluding tert-OH is 2. The van der Waals surface area contributed by atoms with Gasteiger partial charge in [0.2, 0.25) is 0 Å². The summed E-state index contributed by atoms with van der Waals surface area (Å²) in [5.41, 5.74) is 0. The van der Waals surface area contributed by atoms with E-state index in [1.807, 2.05) is 0 Å². The molecule has 0 radical (unpaired) electrons. The average Bonchev–Trinajstić information content (AvgIpc) is 2.81. The highest BCUT2D eigenvalue weighted by molar-refractivity contribution is 4.76. The number of fused-ring (bicyclic) bond motifs is 4. The number of nitrogens with zero attached hydrogens (tertiary/aromatic N) is 2. The molecular formula is C28H54N2O2. The van der Waals surface area contributed by atoms with Gasteiger partial charge >= 0.3 is 0 Å². The van der Waals surface area contributed by atoms with Gasteiger partial charge in [-0.25, -0.2) is 0 Å². The Morgan fingerprint density at radius 3 is 1.19 bits per heavy atom. The SMILES string of the molecule is O[C@H]1CCCCCC[C@H]2CCCN(CC[C@@H](O)CCCCCC[C@@H]3CCCN(CC1)C3)C2. The molecule has 4 nitrogen and oxygen atoms in total. The molecule has 3 saturated heterocycles. The Labute approximate surface area is 199 Å². The van der Waals surface area contributed by atoms with E-state index < -0.39 is 0 Å². The molecule has 6 atom stereocenters. The van der Waals surface area contributed by atoms with Crippen molar-refractivity contribution in [1.82, 2.24) is 9.80 Å². The average molecular weight is 451 g/mol. The van der Waals surface area contributed by atoms with Gasteiger partial charge in [-0.2, -0.15) is 0 Å². The highest BCUT2D eigenvalue weighted by Gasteiger charge is 2.21. The van der Waals surface area contributed by atoms with Gasteiger partial charge in [-0.3, -0.25) is 0 Å². The lowest BCUT2D eigenvalue weighted by molar-refractivity contribution is 0.106. The summed E-state index contributed by atoms with van der Waals surface area (Å²) >= 11 is 0. The van der Waals surface area contributed by atoms with Crippen LogP contribution in [0, 0.1) is 11.8 Å². The van der Waals surface area contributed by atoms with Crippen molar-refractivity contribution in [3.63, 3.8) is 0 Å². The third-order valence-corrected chi connectivity index (χ3v) is 8.56. The molecule has 0 aromatic rings. The van der Waals surface area contributed by atoms with Crippen molar-refractivity contribution in [2.24, 2.45) is 11.8 Å². The molecule has 0 saturated carbocycles. The highest BCUT2D eigenvalue weighted by atomic mass is 16.3. The Kier molecular flexibility index (Phi) is 13.0. The lowest BCUT2D eigenvalue weighted by Gasteiger charge is -2.33. The van der Waals surface area contributed by atoms with Crippen molar-refractivity contribution >= 4 is 0 Å². The van der Waals surface area contributed by atoms with Crippen LogP contribution in [0.25, 0.3) is 0 Å². The summed E-state index contributed by atoms with van der Waals surface area (Å²) in [6, 6.07) is 0. The Morgan fingerprint density at radius 2 is 0.750 bits per heavy atom. The molecule has 2 unspecified atom stereocenters. The van der Waals surface area contributed by atoms with E-state index in [2.05, 4.69) is 9.80 Å². The van der Waals surface area contributed by atoms with Crippen LogP contribution >= 0.6 is 0 Å². The van der Waals surface area contributed by atoms with Crippen LogP contribution in [-0.2, 0) is 0 Å². The summed E-state index contributed by atoms with van der Waals surface area (Å²) in [5, 5.41) is 20.9. The minimum atomic E-state index is -0.0943. The number of rotatable bonds is 0. The summed E-state index contributed by atoms with van der Waals surface area (Å²) < 4.78 is 0. The van der Waals surface area contributed by atoms with Crippen LogP contribution < -0.4 is 0 Å². The quantitative estimate of drug-likeness (QED) is 0.504. The first-order valence-corrected chi connectivity index (χ1v) is 14.5. The Balaban J connectivity index is 1.41. The molecule has 3 aliphatic rings. The first-order chi connectivity index (χ1) is 15.7. The molecule has 0 amide bonds. The molecule has 4 bridgehead atoms. The normalized spacial score (nSPS) is 38.4. The van der Waals surface area contributed by atoms with Crippen LogP contribution in [0.5, 0.6) is 0 Å². The predicted molar refractivity (Wildman–Crippen MR) is 135 cm³/mol. The number of hydrogen-bond donors (Lipinski definition) is 2. The first-order valence-electron chi connectivity index (χ1n) is 14.5. The van der Waals surface area contributed by atoms with E-state index in [1.54, 1.807) is 0 Å². The van der Waals surface area contributed by atoms with Crippen molar-refractivity contribution < 1.29 is 10.2 Å². The Bertz CT molecular complexity index is 432. The van der Waals surface area contributed by atoms with Crippen LogP contribution in [0.4, 0.5) is 0 Å². The third-order valence-electron chi connectivity index (χ3n) is 8.56. The van der Waals surface area contributed by atoms with Gasteiger partial charge in [0.1, 0.15) is 0 Å². The maximum absolute atomic E-state index is 10.5. The van der Waals surface area contributed by atoms with Gasteiger partial charge in [-0.1, -0.05) is 51.4 Å². The molecule has 0 spiro atoms. The fourth-order valence-electron chi connectivity index (χ4n) is 6.46. The molecule has 0 aliphatic carbocycles. The van der Waals surface area contributed by atoms with E-state index in [0.29, 0.717) is 0 Å². The minimum Gasteiger partial charge on any atom is -0.393 e. The second-order valence-corrected chi connectivity index (χ2v) is 11.5. The van der Waals surface area contributed by atoms with Gasteiger partial charge in [0.15, 0.2) is 0 Å². The molecule has 188 valence electrons. The van der Waals surface area contributed by atoms with E-state index in [0.717, 1.165) is 50.6 Å². The molecule has 32 heavy (non-hydrogen) atoms. The van der Waals surface area contributed by atoms with Gasteiger partial charge < -0.3 is 20.0 Å². The largest absolute Gasteiger partial charge is 0.393 e. The minimum absolute atomic E-state index is 0.0943.